The first-order valence-corrected chi connectivity index (χ1v) is 14.1. The topological polar surface area (TPSA) is 116 Å². The van der Waals surface area contributed by atoms with E-state index in [1.807, 2.05) is 37.8 Å². The summed E-state index contributed by atoms with van der Waals surface area (Å²) >= 11 is 7.43. The molecule has 2 aromatic heterocycles. The Bertz CT molecular complexity index is 1380. The molecule has 1 aliphatic heterocycles. The van der Waals surface area contributed by atoms with Crippen molar-refractivity contribution in [3.63, 3.8) is 0 Å². The smallest absolute Gasteiger partial charge is 0.320 e. The van der Waals surface area contributed by atoms with E-state index in [2.05, 4.69) is 20.6 Å². The number of benzene rings is 1. The lowest BCUT2D eigenvalue weighted by molar-refractivity contribution is -0.156. The minimum absolute atomic E-state index is 0.166. The van der Waals surface area contributed by atoms with Crippen LogP contribution in [0.25, 0.3) is 10.9 Å². The molecule has 0 unspecified atom stereocenters. The maximum atomic E-state index is 13.1. The van der Waals surface area contributed by atoms with Gasteiger partial charge < -0.3 is 20.4 Å². The molecule has 11 heteroatoms. The minimum atomic E-state index is -0.519. The fourth-order valence-corrected chi connectivity index (χ4v) is 6.28. The van der Waals surface area contributed by atoms with Gasteiger partial charge in [0.05, 0.1) is 12.2 Å². The summed E-state index contributed by atoms with van der Waals surface area (Å²) in [6.07, 6.45) is 3.16. The molecule has 3 heterocycles. The molecule has 1 aliphatic carbocycles. The molecule has 1 aromatic carbocycles. The van der Waals surface area contributed by atoms with Crippen molar-refractivity contribution in [2.45, 2.75) is 70.7 Å². The zero-order chi connectivity index (χ0) is 27.0. The van der Waals surface area contributed by atoms with E-state index in [-0.39, 0.29) is 36.4 Å². The second-order valence-corrected chi connectivity index (χ2v) is 12.5. The Balaban J connectivity index is 1.18. The van der Waals surface area contributed by atoms with Gasteiger partial charge in [0.2, 0.25) is 0 Å². The summed E-state index contributed by atoms with van der Waals surface area (Å²) in [7, 11) is 0. The van der Waals surface area contributed by atoms with E-state index >= 15 is 0 Å². The highest BCUT2D eigenvalue weighted by atomic mass is 35.5. The predicted octanol–water partition coefficient (Wildman–Crippen LogP) is 4.06. The van der Waals surface area contributed by atoms with Crippen LogP contribution in [0.1, 0.15) is 70.9 Å². The lowest BCUT2D eigenvalue weighted by Gasteiger charge is -2.27. The zero-order valence-corrected chi connectivity index (χ0v) is 23.3. The standard InChI is InChI=1S/C27H32ClN5O4S/c1-27(2,3)37-23(34)14-33-10-9-20-22(13-33)38-26(32-20)25(36)31-19-6-4-5-18(19)30-24(35)21-12-15-11-16(28)7-8-17(15)29-21/h7-8,11-12,18-19,29H,4-6,9-10,13-14H2,1-3H3,(H,30,35)(H,31,36)/t18-,19-/m1/s1. The fourth-order valence-electron chi connectivity index (χ4n) is 5.04. The fraction of sp³-hybridized carbons (Fsp3) is 0.481. The van der Waals surface area contributed by atoms with Crippen LogP contribution in [0, 0.1) is 0 Å². The number of aromatic nitrogens is 2. The molecule has 0 saturated heterocycles. The molecule has 1 saturated carbocycles. The van der Waals surface area contributed by atoms with Crippen LogP contribution in [-0.2, 0) is 22.5 Å². The maximum absolute atomic E-state index is 13.1. The van der Waals surface area contributed by atoms with Gasteiger partial charge in [-0.25, -0.2) is 4.98 Å². The lowest BCUT2D eigenvalue weighted by Crippen LogP contribution is -2.48. The van der Waals surface area contributed by atoms with Crippen molar-refractivity contribution < 1.29 is 19.1 Å². The summed E-state index contributed by atoms with van der Waals surface area (Å²) in [5, 5.41) is 8.07. The van der Waals surface area contributed by atoms with E-state index in [1.54, 1.807) is 12.1 Å². The Morgan fingerprint density at radius 2 is 1.89 bits per heavy atom. The number of rotatable bonds is 6. The van der Waals surface area contributed by atoms with E-state index in [4.69, 9.17) is 16.3 Å². The molecule has 3 aromatic rings. The number of hydrogen-bond acceptors (Lipinski definition) is 7. The van der Waals surface area contributed by atoms with Gasteiger partial charge in [-0.05, 0) is 64.3 Å². The monoisotopic (exact) mass is 557 g/mol. The van der Waals surface area contributed by atoms with Crippen molar-refractivity contribution in [2.75, 3.05) is 13.1 Å². The summed E-state index contributed by atoms with van der Waals surface area (Å²) < 4.78 is 5.44. The van der Waals surface area contributed by atoms with Crippen LogP contribution in [0.3, 0.4) is 0 Å². The first-order chi connectivity index (χ1) is 18.0. The van der Waals surface area contributed by atoms with Gasteiger partial charge in [-0.2, -0.15) is 0 Å². The first-order valence-electron chi connectivity index (χ1n) is 12.9. The SMILES string of the molecule is CC(C)(C)OC(=O)CN1CCc2nc(C(=O)N[C@@H]3CCC[C@H]3NC(=O)c3cc4cc(Cl)ccc4[nH]3)sc2C1. The number of amides is 2. The van der Waals surface area contributed by atoms with Gasteiger partial charge in [-0.15, -0.1) is 11.3 Å². The third-order valence-corrected chi connectivity index (χ3v) is 8.07. The Morgan fingerprint density at radius 3 is 2.63 bits per heavy atom. The van der Waals surface area contributed by atoms with Crippen molar-refractivity contribution in [3.05, 3.63) is 50.6 Å². The van der Waals surface area contributed by atoms with Crippen LogP contribution < -0.4 is 10.6 Å². The highest BCUT2D eigenvalue weighted by molar-refractivity contribution is 7.13. The highest BCUT2D eigenvalue weighted by Gasteiger charge is 2.32. The maximum Gasteiger partial charge on any atom is 0.320 e. The van der Waals surface area contributed by atoms with Crippen LogP contribution in [0.5, 0.6) is 0 Å². The van der Waals surface area contributed by atoms with Crippen molar-refractivity contribution in [1.29, 1.82) is 0 Å². The Hall–Kier alpha value is -2.95. The molecular weight excluding hydrogens is 526 g/mol. The first kappa shape index (κ1) is 26.6. The van der Waals surface area contributed by atoms with Gasteiger partial charge in [-0.1, -0.05) is 11.6 Å². The number of thiazole rings is 1. The molecule has 0 radical (unpaired) electrons. The Morgan fingerprint density at radius 1 is 1.16 bits per heavy atom. The van der Waals surface area contributed by atoms with Gasteiger partial charge in [0.1, 0.15) is 11.3 Å². The van der Waals surface area contributed by atoms with Crippen LogP contribution in [0.15, 0.2) is 24.3 Å². The summed E-state index contributed by atoms with van der Waals surface area (Å²) in [6, 6.07) is 6.88. The number of aromatic amines is 1. The number of fused-ring (bicyclic) bond motifs is 2. The van der Waals surface area contributed by atoms with Gasteiger partial charge in [0.25, 0.3) is 11.8 Å². The summed E-state index contributed by atoms with van der Waals surface area (Å²) in [4.78, 5) is 49.0. The minimum Gasteiger partial charge on any atom is -0.459 e. The molecular formula is C27H32ClN5O4S. The number of halogens is 1. The quantitative estimate of drug-likeness (QED) is 0.394. The molecule has 202 valence electrons. The molecule has 2 amide bonds. The van der Waals surface area contributed by atoms with E-state index in [1.165, 1.54) is 11.3 Å². The number of H-pyrrole nitrogens is 1. The van der Waals surface area contributed by atoms with Gasteiger partial charge in [0.15, 0.2) is 5.01 Å². The second kappa shape index (κ2) is 10.7. The number of hydrogen-bond donors (Lipinski definition) is 3. The molecule has 38 heavy (non-hydrogen) atoms. The molecule has 3 N–H and O–H groups in total. The number of ether oxygens (including phenoxy) is 1. The van der Waals surface area contributed by atoms with Gasteiger partial charge >= 0.3 is 5.97 Å². The normalized spacial score (nSPS) is 19.8. The van der Waals surface area contributed by atoms with Crippen molar-refractivity contribution in [1.82, 2.24) is 25.5 Å². The van der Waals surface area contributed by atoms with Gasteiger partial charge in [-0.3, -0.25) is 19.3 Å². The number of nitrogens with zero attached hydrogens (tertiary/aromatic N) is 2. The third-order valence-electron chi connectivity index (χ3n) is 6.75. The summed E-state index contributed by atoms with van der Waals surface area (Å²) in [6.45, 7) is 7.03. The van der Waals surface area contributed by atoms with Crippen molar-refractivity contribution in [2.24, 2.45) is 0 Å². The molecule has 0 spiro atoms. The van der Waals surface area contributed by atoms with E-state index in [0.717, 1.165) is 40.7 Å². The van der Waals surface area contributed by atoms with E-state index < -0.39 is 5.60 Å². The average molecular weight is 558 g/mol. The van der Waals surface area contributed by atoms with Crippen LogP contribution in [0.4, 0.5) is 0 Å². The summed E-state index contributed by atoms with van der Waals surface area (Å²) in [5.41, 5.74) is 1.70. The van der Waals surface area contributed by atoms with Crippen LogP contribution >= 0.6 is 22.9 Å². The number of carbonyl (C=O) groups is 3. The average Bonchev–Trinajstić information content (AvgIpc) is 3.55. The number of esters is 1. The molecule has 2 atom stereocenters. The lowest BCUT2D eigenvalue weighted by atomic mass is 10.1. The second-order valence-electron chi connectivity index (χ2n) is 10.9. The molecule has 1 fully saturated rings. The Labute approximate surface area is 230 Å². The van der Waals surface area contributed by atoms with Crippen LogP contribution in [0.2, 0.25) is 5.02 Å². The molecule has 0 bridgehead atoms. The predicted molar refractivity (Wildman–Crippen MR) is 147 cm³/mol. The number of nitrogens with one attached hydrogen (secondary N) is 3. The zero-order valence-electron chi connectivity index (χ0n) is 21.7. The third kappa shape index (κ3) is 6.19. The highest BCUT2D eigenvalue weighted by Crippen LogP contribution is 2.27. The van der Waals surface area contributed by atoms with Gasteiger partial charge in [0, 0.05) is 52.4 Å². The van der Waals surface area contributed by atoms with E-state index in [0.29, 0.717) is 35.2 Å². The molecule has 2 aliphatic rings. The Kier molecular flexibility index (Phi) is 7.48. The largest absolute Gasteiger partial charge is 0.459 e. The van der Waals surface area contributed by atoms with Crippen LogP contribution in [-0.4, -0.2) is 63.4 Å². The van der Waals surface area contributed by atoms with Crippen molar-refractivity contribution >= 4 is 51.6 Å². The molecule has 5 rings (SSSR count). The number of carbonyl (C=O) groups excluding carboxylic acids is 3. The summed E-state index contributed by atoms with van der Waals surface area (Å²) in [5.74, 6) is -0.693. The van der Waals surface area contributed by atoms with Crippen molar-refractivity contribution in [3.8, 4) is 0 Å². The van der Waals surface area contributed by atoms with E-state index in [9.17, 15) is 14.4 Å². The molecule has 9 nitrogen and oxygen atoms in total.